The van der Waals surface area contributed by atoms with Gasteiger partial charge in [0.25, 0.3) is 0 Å². The average molecular weight is 425 g/mol. The Morgan fingerprint density at radius 1 is 0.700 bits per heavy atom. The summed E-state index contributed by atoms with van der Waals surface area (Å²) in [5.41, 5.74) is -0.775. The van der Waals surface area contributed by atoms with Gasteiger partial charge in [0.15, 0.2) is 0 Å². The van der Waals surface area contributed by atoms with Crippen molar-refractivity contribution in [2.45, 2.75) is 77.7 Å². The largest absolute Gasteiger partial charge is 0.444 e. The predicted molar refractivity (Wildman–Crippen MR) is 115 cm³/mol. The van der Waals surface area contributed by atoms with E-state index in [4.69, 9.17) is 9.47 Å². The lowest BCUT2D eigenvalue weighted by molar-refractivity contribution is 0.0217. The molecule has 4 saturated heterocycles. The van der Waals surface area contributed by atoms with Crippen LogP contribution in [-0.4, -0.2) is 84.5 Å². The second-order valence-electron chi connectivity index (χ2n) is 10.9. The zero-order chi connectivity index (χ0) is 22.1. The van der Waals surface area contributed by atoms with Crippen LogP contribution in [0, 0.1) is 11.8 Å². The first kappa shape index (κ1) is 23.1. The van der Waals surface area contributed by atoms with Gasteiger partial charge in [-0.1, -0.05) is 0 Å². The van der Waals surface area contributed by atoms with Crippen molar-refractivity contribution in [1.29, 1.82) is 0 Å². The molecule has 0 aromatic heterocycles. The number of nitrogens with one attached hydrogen (secondary N) is 2. The lowest BCUT2D eigenvalue weighted by atomic mass is 10.1. The van der Waals surface area contributed by atoms with Gasteiger partial charge in [0.1, 0.15) is 11.2 Å². The number of fused-ring (bicyclic) bond motifs is 2. The van der Waals surface area contributed by atoms with Crippen molar-refractivity contribution in [3.8, 4) is 0 Å². The molecule has 0 spiro atoms. The summed E-state index contributed by atoms with van der Waals surface area (Å²) < 4.78 is 10.8. The molecule has 0 saturated carbocycles. The van der Waals surface area contributed by atoms with E-state index in [1.165, 1.54) is 0 Å². The third-order valence-electron chi connectivity index (χ3n) is 6.15. The van der Waals surface area contributed by atoms with Crippen LogP contribution in [0.5, 0.6) is 0 Å². The number of ether oxygens (including phenoxy) is 2. The van der Waals surface area contributed by atoms with Crippen molar-refractivity contribution < 1.29 is 19.1 Å². The molecule has 2 N–H and O–H groups in total. The van der Waals surface area contributed by atoms with Crippen molar-refractivity contribution in [1.82, 2.24) is 20.4 Å². The third-order valence-corrected chi connectivity index (χ3v) is 6.15. The van der Waals surface area contributed by atoms with Gasteiger partial charge in [0.2, 0.25) is 0 Å². The van der Waals surface area contributed by atoms with Gasteiger partial charge in [-0.25, -0.2) is 9.59 Å². The molecule has 4 aliphatic heterocycles. The van der Waals surface area contributed by atoms with Crippen molar-refractivity contribution in [2.24, 2.45) is 11.8 Å². The van der Waals surface area contributed by atoms with E-state index >= 15 is 0 Å². The Kier molecular flexibility index (Phi) is 6.87. The summed E-state index contributed by atoms with van der Waals surface area (Å²) in [6, 6.07) is 0.722. The molecule has 0 radical (unpaired) electrons. The Labute approximate surface area is 181 Å². The van der Waals surface area contributed by atoms with E-state index in [9.17, 15) is 9.59 Å². The van der Waals surface area contributed by atoms with Gasteiger partial charge in [0.05, 0.1) is 12.1 Å². The van der Waals surface area contributed by atoms with E-state index in [-0.39, 0.29) is 23.4 Å². The molecule has 0 aromatic carbocycles. The van der Waals surface area contributed by atoms with E-state index in [1.54, 1.807) is 0 Å². The van der Waals surface area contributed by atoms with E-state index in [1.807, 2.05) is 51.3 Å². The zero-order valence-corrected chi connectivity index (χ0v) is 19.5. The van der Waals surface area contributed by atoms with Gasteiger partial charge in [-0.3, -0.25) is 0 Å². The number of nitrogens with zero attached hydrogens (tertiary/aromatic N) is 2. The van der Waals surface area contributed by atoms with Crippen molar-refractivity contribution in [3.63, 3.8) is 0 Å². The van der Waals surface area contributed by atoms with Crippen LogP contribution >= 0.6 is 0 Å². The second-order valence-corrected chi connectivity index (χ2v) is 10.9. The van der Waals surface area contributed by atoms with Gasteiger partial charge in [0, 0.05) is 39.3 Å². The minimum absolute atomic E-state index is 0.154. The van der Waals surface area contributed by atoms with Crippen LogP contribution in [-0.2, 0) is 9.47 Å². The molecule has 0 aliphatic carbocycles. The van der Waals surface area contributed by atoms with Crippen LogP contribution in [0.25, 0.3) is 0 Å². The van der Waals surface area contributed by atoms with Gasteiger partial charge in [-0.2, -0.15) is 0 Å². The normalized spacial score (nSPS) is 30.5. The van der Waals surface area contributed by atoms with E-state index in [0.29, 0.717) is 23.9 Å². The number of hydrogen-bond acceptors (Lipinski definition) is 6. The Morgan fingerprint density at radius 3 is 1.40 bits per heavy atom. The lowest BCUT2D eigenvalue weighted by Crippen LogP contribution is -2.42. The van der Waals surface area contributed by atoms with Crippen molar-refractivity contribution in [3.05, 3.63) is 0 Å². The van der Waals surface area contributed by atoms with Crippen LogP contribution in [0.4, 0.5) is 9.59 Å². The number of likely N-dealkylation sites (tertiary alicyclic amines) is 2. The number of rotatable bonds is 0. The van der Waals surface area contributed by atoms with Crippen LogP contribution in [0.15, 0.2) is 0 Å². The number of amides is 2. The molecule has 8 heteroatoms. The Bertz CT molecular complexity index is 574. The fourth-order valence-electron chi connectivity index (χ4n) is 4.79. The molecule has 4 aliphatic rings. The topological polar surface area (TPSA) is 83.1 Å². The molecule has 0 unspecified atom stereocenters. The zero-order valence-electron chi connectivity index (χ0n) is 19.5. The van der Waals surface area contributed by atoms with Crippen molar-refractivity contribution in [2.75, 3.05) is 39.3 Å². The highest BCUT2D eigenvalue weighted by atomic mass is 16.6. The highest BCUT2D eigenvalue weighted by Gasteiger charge is 2.42. The summed E-state index contributed by atoms with van der Waals surface area (Å²) >= 11 is 0. The first-order valence-electron chi connectivity index (χ1n) is 11.4. The maximum absolute atomic E-state index is 11.9. The average Bonchev–Trinajstić information content (AvgIpc) is 3.33. The van der Waals surface area contributed by atoms with E-state index in [0.717, 1.165) is 52.1 Å². The molecule has 4 heterocycles. The van der Waals surface area contributed by atoms with Gasteiger partial charge >= 0.3 is 12.2 Å². The van der Waals surface area contributed by atoms with Gasteiger partial charge < -0.3 is 29.9 Å². The number of carbonyl (C=O) groups is 2. The number of hydrogen-bond donors (Lipinski definition) is 2. The molecule has 8 nitrogen and oxygen atoms in total. The fraction of sp³-hybridized carbons (Fsp3) is 0.909. The molecule has 0 bridgehead atoms. The summed E-state index contributed by atoms with van der Waals surface area (Å²) in [4.78, 5) is 27.5. The molecule has 0 aromatic rings. The van der Waals surface area contributed by atoms with Crippen LogP contribution in [0.2, 0.25) is 0 Å². The number of carbonyl (C=O) groups excluding carboxylic acids is 2. The molecular formula is C22H40N4O4. The third kappa shape index (κ3) is 5.78. The summed E-state index contributed by atoms with van der Waals surface area (Å²) in [5.74, 6) is 1.27. The molecule has 4 fully saturated rings. The Balaban J connectivity index is 0.000000171. The first-order valence-corrected chi connectivity index (χ1v) is 11.4. The Hall–Kier alpha value is -1.54. The Morgan fingerprint density at radius 2 is 1.07 bits per heavy atom. The maximum Gasteiger partial charge on any atom is 0.410 e. The summed E-state index contributed by atoms with van der Waals surface area (Å²) in [6.07, 6.45) is 1.91. The minimum atomic E-state index is -0.388. The monoisotopic (exact) mass is 424 g/mol. The highest BCUT2D eigenvalue weighted by Crippen LogP contribution is 2.29. The summed E-state index contributed by atoms with van der Waals surface area (Å²) in [6.45, 7) is 17.1. The lowest BCUT2D eigenvalue weighted by Gasteiger charge is -2.27. The van der Waals surface area contributed by atoms with Gasteiger partial charge in [-0.05, 0) is 66.2 Å². The van der Waals surface area contributed by atoms with Crippen LogP contribution in [0.1, 0.15) is 54.4 Å². The van der Waals surface area contributed by atoms with Gasteiger partial charge in [-0.15, -0.1) is 0 Å². The maximum atomic E-state index is 11.9. The van der Waals surface area contributed by atoms with Crippen LogP contribution < -0.4 is 10.6 Å². The predicted octanol–water partition coefficient (Wildman–Crippen LogP) is 2.43. The van der Waals surface area contributed by atoms with Crippen molar-refractivity contribution >= 4 is 12.2 Å². The van der Waals surface area contributed by atoms with E-state index < -0.39 is 0 Å². The quantitative estimate of drug-likeness (QED) is 0.621. The fourth-order valence-corrected chi connectivity index (χ4v) is 4.79. The first-order chi connectivity index (χ1) is 13.9. The molecule has 172 valence electrons. The van der Waals surface area contributed by atoms with Crippen LogP contribution in [0.3, 0.4) is 0 Å². The second kappa shape index (κ2) is 8.91. The summed E-state index contributed by atoms with van der Waals surface area (Å²) in [7, 11) is 0. The van der Waals surface area contributed by atoms with E-state index in [2.05, 4.69) is 10.6 Å². The molecule has 4 atom stereocenters. The minimum Gasteiger partial charge on any atom is -0.444 e. The molecule has 30 heavy (non-hydrogen) atoms. The molecule has 4 rings (SSSR count). The smallest absolute Gasteiger partial charge is 0.410 e. The SMILES string of the molecule is CC(C)(C)OC(=O)N1CC[C@@H]2CNC[C@@H]21.CC(C)(C)OC(=O)N1CC[C@H]2CNC[C@H]21. The molecular weight excluding hydrogens is 384 g/mol. The molecule has 2 amide bonds. The standard InChI is InChI=1S/2C11H20N2O2/c2*1-11(2,3)15-10(14)13-5-4-8-6-12-7-9(8)13/h2*8-9,12H,4-7H2,1-3H3/t2*8-,9+/m10/s1. The summed E-state index contributed by atoms with van der Waals surface area (Å²) in [5, 5.41) is 6.65. The highest BCUT2D eigenvalue weighted by molar-refractivity contribution is 5.69.